The monoisotopic (exact) mass is 560 g/mol. The molecule has 0 fully saturated rings. The van der Waals surface area contributed by atoms with Crippen LogP contribution in [0.1, 0.15) is 25.7 Å². The molecule has 4 aromatic rings. The number of halogens is 1. The smallest absolute Gasteiger partial charge is 0.329 e. The molecule has 0 radical (unpaired) electrons. The standard InChI is InChI=1S/C24H25IN4O4/c1-14(2)21(22-26-13-19(27-22)15-3-7-17(25)8-4-15)29-23(31)20(28-24(29)32)16-5-9-18(10-6-16)33-12-11-30/h3-10,13-14,21,30-31H,11-12H2,1-2H3,(H,26,27)(H,28,32)/t21-/m1/s1. The first-order valence-electron chi connectivity index (χ1n) is 10.6. The molecule has 2 aromatic carbocycles. The lowest BCUT2D eigenvalue weighted by Crippen LogP contribution is -2.27. The van der Waals surface area contributed by atoms with E-state index in [4.69, 9.17) is 9.84 Å². The number of imidazole rings is 2. The number of hydrogen-bond donors (Lipinski definition) is 4. The van der Waals surface area contributed by atoms with Crippen LogP contribution in [0.15, 0.2) is 59.5 Å². The number of benzene rings is 2. The Morgan fingerprint density at radius 3 is 2.36 bits per heavy atom. The van der Waals surface area contributed by atoms with Crippen molar-refractivity contribution in [3.63, 3.8) is 0 Å². The summed E-state index contributed by atoms with van der Waals surface area (Å²) in [5, 5.41) is 19.9. The highest BCUT2D eigenvalue weighted by molar-refractivity contribution is 14.1. The first-order chi connectivity index (χ1) is 15.9. The molecular formula is C24H25IN4O4. The van der Waals surface area contributed by atoms with Crippen molar-refractivity contribution in [1.29, 1.82) is 0 Å². The molecule has 1 atom stereocenters. The van der Waals surface area contributed by atoms with E-state index in [1.54, 1.807) is 30.5 Å². The van der Waals surface area contributed by atoms with Crippen LogP contribution in [0.2, 0.25) is 0 Å². The summed E-state index contributed by atoms with van der Waals surface area (Å²) in [4.78, 5) is 23.6. The van der Waals surface area contributed by atoms with Crippen molar-refractivity contribution in [2.75, 3.05) is 13.2 Å². The number of aliphatic hydroxyl groups is 1. The van der Waals surface area contributed by atoms with E-state index in [0.717, 1.165) is 14.8 Å². The molecule has 172 valence electrons. The molecule has 0 aliphatic carbocycles. The third kappa shape index (κ3) is 4.83. The van der Waals surface area contributed by atoms with Crippen molar-refractivity contribution in [2.45, 2.75) is 19.9 Å². The topological polar surface area (TPSA) is 116 Å². The van der Waals surface area contributed by atoms with Crippen molar-refractivity contribution in [2.24, 2.45) is 5.92 Å². The Kier molecular flexibility index (Phi) is 6.89. The minimum Gasteiger partial charge on any atom is -0.493 e. The van der Waals surface area contributed by atoms with E-state index in [1.807, 2.05) is 38.1 Å². The van der Waals surface area contributed by atoms with Crippen LogP contribution in [-0.2, 0) is 0 Å². The van der Waals surface area contributed by atoms with Crippen molar-refractivity contribution < 1.29 is 14.9 Å². The Morgan fingerprint density at radius 1 is 1.06 bits per heavy atom. The molecule has 0 unspecified atom stereocenters. The van der Waals surface area contributed by atoms with Gasteiger partial charge in [-0.1, -0.05) is 26.0 Å². The SMILES string of the molecule is CC(C)[C@H](c1ncc(-c2ccc(I)cc2)[nH]1)n1c(O)c(-c2ccc(OCCO)cc2)[nH]c1=O. The Morgan fingerprint density at radius 2 is 1.73 bits per heavy atom. The Bertz CT molecular complexity index is 1270. The molecular weight excluding hydrogens is 535 g/mol. The second kappa shape index (κ2) is 9.84. The maximum absolute atomic E-state index is 12.9. The third-order valence-corrected chi connectivity index (χ3v) is 6.07. The van der Waals surface area contributed by atoms with Crippen molar-refractivity contribution in [1.82, 2.24) is 19.5 Å². The van der Waals surface area contributed by atoms with Gasteiger partial charge >= 0.3 is 5.69 Å². The fourth-order valence-corrected chi connectivity index (χ4v) is 4.14. The zero-order valence-corrected chi connectivity index (χ0v) is 20.4. The number of aromatic amines is 2. The molecule has 33 heavy (non-hydrogen) atoms. The third-order valence-electron chi connectivity index (χ3n) is 5.35. The van der Waals surface area contributed by atoms with E-state index in [1.165, 1.54) is 4.57 Å². The van der Waals surface area contributed by atoms with E-state index in [-0.39, 0.29) is 25.0 Å². The van der Waals surface area contributed by atoms with Crippen LogP contribution in [0.4, 0.5) is 0 Å². The average molecular weight is 560 g/mol. The number of aromatic nitrogens is 4. The molecule has 2 aromatic heterocycles. The van der Waals surface area contributed by atoms with Gasteiger partial charge in [0.25, 0.3) is 0 Å². The molecule has 0 aliphatic rings. The molecule has 8 nitrogen and oxygen atoms in total. The molecule has 0 saturated heterocycles. The lowest BCUT2D eigenvalue weighted by Gasteiger charge is -2.20. The van der Waals surface area contributed by atoms with Gasteiger partial charge in [-0.15, -0.1) is 0 Å². The Labute approximate surface area is 204 Å². The minimum atomic E-state index is -0.493. The summed E-state index contributed by atoms with van der Waals surface area (Å²) >= 11 is 2.26. The number of aromatic hydroxyl groups is 1. The second-order valence-electron chi connectivity index (χ2n) is 7.97. The molecule has 0 aliphatic heterocycles. The Balaban J connectivity index is 1.69. The number of nitrogens with one attached hydrogen (secondary N) is 2. The molecule has 9 heteroatoms. The number of H-pyrrole nitrogens is 2. The minimum absolute atomic E-state index is 0.0257. The highest BCUT2D eigenvalue weighted by Crippen LogP contribution is 2.34. The molecule has 4 N–H and O–H groups in total. The molecule has 4 rings (SSSR count). The predicted octanol–water partition coefficient (Wildman–Crippen LogP) is 4.16. The van der Waals surface area contributed by atoms with Gasteiger partial charge in [0.05, 0.1) is 18.5 Å². The number of hydrogen-bond acceptors (Lipinski definition) is 5. The number of nitrogens with zero attached hydrogens (tertiary/aromatic N) is 2. The number of ether oxygens (including phenoxy) is 1. The van der Waals surface area contributed by atoms with Crippen LogP contribution in [-0.4, -0.2) is 42.9 Å². The highest BCUT2D eigenvalue weighted by Gasteiger charge is 2.28. The average Bonchev–Trinajstić information content (AvgIpc) is 3.39. The first-order valence-corrected chi connectivity index (χ1v) is 11.6. The maximum Gasteiger partial charge on any atom is 0.329 e. The molecule has 0 bridgehead atoms. The zero-order valence-electron chi connectivity index (χ0n) is 18.2. The normalized spacial score (nSPS) is 12.3. The van der Waals surface area contributed by atoms with Crippen LogP contribution in [0.5, 0.6) is 11.6 Å². The fourth-order valence-electron chi connectivity index (χ4n) is 3.78. The van der Waals surface area contributed by atoms with Crippen LogP contribution in [0, 0.1) is 9.49 Å². The van der Waals surface area contributed by atoms with Gasteiger partial charge in [-0.2, -0.15) is 0 Å². The lowest BCUT2D eigenvalue weighted by atomic mass is 10.0. The van der Waals surface area contributed by atoms with Crippen LogP contribution in [0.3, 0.4) is 0 Å². The van der Waals surface area contributed by atoms with Crippen LogP contribution in [0.25, 0.3) is 22.5 Å². The van der Waals surface area contributed by atoms with Gasteiger partial charge in [-0.05, 0) is 70.5 Å². The van der Waals surface area contributed by atoms with Gasteiger partial charge in [0, 0.05) is 9.13 Å². The summed E-state index contributed by atoms with van der Waals surface area (Å²) < 4.78 is 7.85. The van der Waals surface area contributed by atoms with Crippen LogP contribution >= 0.6 is 22.6 Å². The summed E-state index contributed by atoms with van der Waals surface area (Å²) in [5.74, 6) is 0.999. The van der Waals surface area contributed by atoms with E-state index < -0.39 is 11.7 Å². The van der Waals surface area contributed by atoms with Crippen molar-refractivity contribution >= 4 is 22.6 Å². The molecule has 0 amide bonds. The number of rotatable bonds is 8. The van der Waals surface area contributed by atoms with Gasteiger partial charge in [0.1, 0.15) is 29.9 Å². The Hall–Kier alpha value is -3.05. The summed E-state index contributed by atoms with van der Waals surface area (Å²) in [6.45, 7) is 4.07. The second-order valence-corrected chi connectivity index (χ2v) is 9.22. The number of aliphatic hydroxyl groups excluding tert-OH is 1. The van der Waals surface area contributed by atoms with Gasteiger partial charge in [-0.3, -0.25) is 4.57 Å². The first kappa shape index (κ1) is 23.1. The van der Waals surface area contributed by atoms with Crippen LogP contribution < -0.4 is 10.4 Å². The quantitative estimate of drug-likeness (QED) is 0.242. The van der Waals surface area contributed by atoms with E-state index in [2.05, 4.69) is 37.5 Å². The van der Waals surface area contributed by atoms with Gasteiger partial charge in [0.2, 0.25) is 5.88 Å². The summed E-state index contributed by atoms with van der Waals surface area (Å²) in [5.41, 5.74) is 2.37. The largest absolute Gasteiger partial charge is 0.493 e. The summed E-state index contributed by atoms with van der Waals surface area (Å²) in [6, 6.07) is 14.5. The van der Waals surface area contributed by atoms with Gasteiger partial charge in [0.15, 0.2) is 0 Å². The zero-order chi connectivity index (χ0) is 23.5. The van der Waals surface area contributed by atoms with E-state index in [0.29, 0.717) is 22.8 Å². The highest BCUT2D eigenvalue weighted by atomic mass is 127. The molecule has 2 heterocycles. The fraction of sp³-hybridized carbons (Fsp3) is 0.250. The van der Waals surface area contributed by atoms with Crippen molar-refractivity contribution in [3.05, 3.63) is 74.6 Å². The van der Waals surface area contributed by atoms with Gasteiger partial charge < -0.3 is 24.9 Å². The summed E-state index contributed by atoms with van der Waals surface area (Å²) in [6.07, 6.45) is 1.74. The van der Waals surface area contributed by atoms with E-state index in [9.17, 15) is 9.90 Å². The van der Waals surface area contributed by atoms with Gasteiger partial charge in [-0.25, -0.2) is 9.78 Å². The predicted molar refractivity (Wildman–Crippen MR) is 134 cm³/mol. The maximum atomic E-state index is 12.9. The molecule has 0 saturated carbocycles. The lowest BCUT2D eigenvalue weighted by molar-refractivity contribution is 0.201. The van der Waals surface area contributed by atoms with E-state index >= 15 is 0 Å². The molecule has 0 spiro atoms. The van der Waals surface area contributed by atoms with Crippen molar-refractivity contribution in [3.8, 4) is 34.1 Å². The summed E-state index contributed by atoms with van der Waals surface area (Å²) in [7, 11) is 0.